The fraction of sp³-hybridized carbons (Fsp3) is 0.286. The van der Waals surface area contributed by atoms with E-state index in [1.54, 1.807) is 13.2 Å². The van der Waals surface area contributed by atoms with E-state index in [0.717, 1.165) is 23.6 Å². The summed E-state index contributed by atoms with van der Waals surface area (Å²) < 4.78 is 10.5. The van der Waals surface area contributed by atoms with E-state index >= 15 is 0 Å². The van der Waals surface area contributed by atoms with Crippen LogP contribution in [-0.4, -0.2) is 12.2 Å². The Morgan fingerprint density at radius 1 is 1.17 bits per heavy atom. The molecule has 0 atom stereocenters. The Kier molecular flexibility index (Phi) is 4.39. The van der Waals surface area contributed by atoms with Gasteiger partial charge in [-0.3, -0.25) is 0 Å². The van der Waals surface area contributed by atoms with Gasteiger partial charge in [0.2, 0.25) is 0 Å². The van der Waals surface area contributed by atoms with Gasteiger partial charge in [-0.25, -0.2) is 0 Å². The van der Waals surface area contributed by atoms with E-state index in [1.807, 2.05) is 30.3 Å². The van der Waals surface area contributed by atoms with Gasteiger partial charge in [-0.05, 0) is 29.8 Å². The largest absolute Gasteiger partial charge is 0.497 e. The quantitative estimate of drug-likeness (QED) is 0.820. The zero-order chi connectivity index (χ0) is 12.8. The monoisotopic (exact) mass is 247 g/mol. The van der Waals surface area contributed by atoms with E-state index in [1.165, 1.54) is 0 Å². The van der Waals surface area contributed by atoms with Gasteiger partial charge in [0.25, 0.3) is 0 Å². The van der Waals surface area contributed by atoms with Gasteiger partial charge in [-0.1, -0.05) is 12.1 Å². The second-order valence-corrected chi connectivity index (χ2v) is 3.98. The molecule has 2 N–H and O–H groups in total. The van der Waals surface area contributed by atoms with Gasteiger partial charge >= 0.3 is 0 Å². The number of furan rings is 1. The van der Waals surface area contributed by atoms with E-state index in [0.29, 0.717) is 12.3 Å². The first-order valence-corrected chi connectivity index (χ1v) is 5.84. The van der Waals surface area contributed by atoms with Crippen LogP contribution in [0, 0.1) is 0 Å². The summed E-state index contributed by atoms with van der Waals surface area (Å²) in [6, 6.07) is 11.6. The third-order valence-corrected chi connectivity index (χ3v) is 2.64. The minimum Gasteiger partial charge on any atom is -0.497 e. The maximum absolute atomic E-state index is 8.88. The lowest BCUT2D eigenvalue weighted by molar-refractivity contribution is 0.242. The fourth-order valence-electron chi connectivity index (χ4n) is 1.71. The highest BCUT2D eigenvalue weighted by molar-refractivity contribution is 5.28. The molecule has 4 nitrogen and oxygen atoms in total. The Morgan fingerprint density at radius 3 is 2.72 bits per heavy atom. The van der Waals surface area contributed by atoms with Crippen molar-refractivity contribution < 1.29 is 14.3 Å². The van der Waals surface area contributed by atoms with Crippen LogP contribution < -0.4 is 10.1 Å². The van der Waals surface area contributed by atoms with Crippen molar-refractivity contribution in [3.8, 4) is 5.75 Å². The molecule has 1 aromatic heterocycles. The highest BCUT2D eigenvalue weighted by Crippen LogP contribution is 2.12. The summed E-state index contributed by atoms with van der Waals surface area (Å²) in [6.45, 7) is 1.32. The molecule has 1 heterocycles. The molecule has 0 unspecified atom stereocenters. The topological polar surface area (TPSA) is 54.6 Å². The summed E-state index contributed by atoms with van der Waals surface area (Å²) in [5, 5.41) is 12.2. The first kappa shape index (κ1) is 12.7. The van der Waals surface area contributed by atoms with Crippen molar-refractivity contribution in [2.75, 3.05) is 7.11 Å². The molecule has 0 spiro atoms. The highest BCUT2D eigenvalue weighted by Gasteiger charge is 2.01. The summed E-state index contributed by atoms with van der Waals surface area (Å²) in [5.41, 5.74) is 1.16. The minimum atomic E-state index is -0.0596. The van der Waals surface area contributed by atoms with Crippen molar-refractivity contribution in [1.29, 1.82) is 0 Å². The van der Waals surface area contributed by atoms with Crippen LogP contribution in [0.25, 0.3) is 0 Å². The van der Waals surface area contributed by atoms with Crippen LogP contribution in [0.5, 0.6) is 5.75 Å². The van der Waals surface area contributed by atoms with Crippen molar-refractivity contribution in [3.05, 3.63) is 53.5 Å². The lowest BCUT2D eigenvalue weighted by atomic mass is 10.2. The van der Waals surface area contributed by atoms with Gasteiger partial charge in [0, 0.05) is 6.54 Å². The predicted molar refractivity (Wildman–Crippen MR) is 68.2 cm³/mol. The molecule has 2 rings (SSSR count). The normalized spacial score (nSPS) is 10.6. The van der Waals surface area contributed by atoms with E-state index in [-0.39, 0.29) is 6.61 Å². The number of ether oxygens (including phenoxy) is 1. The summed E-state index contributed by atoms with van der Waals surface area (Å²) in [7, 11) is 1.66. The molecule has 0 amide bonds. The lowest BCUT2D eigenvalue weighted by Gasteiger charge is -2.05. The number of aliphatic hydroxyl groups is 1. The maximum Gasteiger partial charge on any atom is 0.129 e. The highest BCUT2D eigenvalue weighted by atomic mass is 16.5. The van der Waals surface area contributed by atoms with Crippen LogP contribution in [0.2, 0.25) is 0 Å². The SMILES string of the molecule is COc1cccc(CNCc2ccc(CO)o2)c1. The zero-order valence-electron chi connectivity index (χ0n) is 10.3. The van der Waals surface area contributed by atoms with Crippen LogP contribution in [0.1, 0.15) is 17.1 Å². The molecular weight excluding hydrogens is 230 g/mol. The molecule has 0 fully saturated rings. The van der Waals surface area contributed by atoms with Crippen molar-refractivity contribution in [2.24, 2.45) is 0 Å². The number of methoxy groups -OCH3 is 1. The second kappa shape index (κ2) is 6.23. The standard InChI is InChI=1S/C14H17NO3/c1-17-12-4-2-3-11(7-12)8-15-9-13-5-6-14(10-16)18-13/h2-7,15-16H,8-10H2,1H3. The number of nitrogens with one attached hydrogen (secondary N) is 1. The molecule has 1 aromatic carbocycles. The molecular formula is C14H17NO3. The van der Waals surface area contributed by atoms with Gasteiger partial charge in [0.15, 0.2) is 0 Å². The van der Waals surface area contributed by atoms with Crippen LogP contribution in [0.15, 0.2) is 40.8 Å². The van der Waals surface area contributed by atoms with Crippen molar-refractivity contribution in [1.82, 2.24) is 5.32 Å². The van der Waals surface area contributed by atoms with Gasteiger partial charge in [0.05, 0.1) is 13.7 Å². The third-order valence-electron chi connectivity index (χ3n) is 2.64. The zero-order valence-corrected chi connectivity index (χ0v) is 10.3. The molecule has 0 bridgehead atoms. The van der Waals surface area contributed by atoms with Gasteiger partial charge in [-0.2, -0.15) is 0 Å². The predicted octanol–water partition coefficient (Wildman–Crippen LogP) is 2.07. The molecule has 0 saturated carbocycles. The molecule has 2 aromatic rings. The van der Waals surface area contributed by atoms with Crippen molar-refractivity contribution in [3.63, 3.8) is 0 Å². The molecule has 0 aliphatic heterocycles. The molecule has 96 valence electrons. The Balaban J connectivity index is 1.84. The molecule has 0 aliphatic carbocycles. The van der Waals surface area contributed by atoms with E-state index in [4.69, 9.17) is 14.3 Å². The van der Waals surface area contributed by atoms with Crippen LogP contribution >= 0.6 is 0 Å². The smallest absolute Gasteiger partial charge is 0.129 e. The molecule has 0 radical (unpaired) electrons. The van der Waals surface area contributed by atoms with Gasteiger partial charge < -0.3 is 19.6 Å². The van der Waals surface area contributed by atoms with E-state index in [2.05, 4.69) is 5.32 Å². The number of benzene rings is 1. The summed E-state index contributed by atoms with van der Waals surface area (Å²) in [6.07, 6.45) is 0. The molecule has 18 heavy (non-hydrogen) atoms. The maximum atomic E-state index is 8.88. The van der Waals surface area contributed by atoms with Crippen molar-refractivity contribution in [2.45, 2.75) is 19.7 Å². The average molecular weight is 247 g/mol. The Bertz CT molecular complexity index is 493. The van der Waals surface area contributed by atoms with Gasteiger partial charge in [-0.15, -0.1) is 0 Å². The van der Waals surface area contributed by atoms with E-state index in [9.17, 15) is 0 Å². The lowest BCUT2D eigenvalue weighted by Crippen LogP contribution is -2.12. The van der Waals surface area contributed by atoms with Gasteiger partial charge in [0.1, 0.15) is 23.9 Å². The first-order chi connectivity index (χ1) is 8.81. The summed E-state index contributed by atoms with van der Waals surface area (Å²) >= 11 is 0. The molecule has 4 heteroatoms. The first-order valence-electron chi connectivity index (χ1n) is 5.84. The summed E-state index contributed by atoms with van der Waals surface area (Å²) in [5.74, 6) is 2.27. The number of rotatable bonds is 6. The van der Waals surface area contributed by atoms with E-state index < -0.39 is 0 Å². The third kappa shape index (κ3) is 3.35. The Morgan fingerprint density at radius 2 is 2.00 bits per heavy atom. The van der Waals surface area contributed by atoms with Crippen LogP contribution in [0.3, 0.4) is 0 Å². The number of hydrogen-bond donors (Lipinski definition) is 2. The molecule has 0 saturated heterocycles. The minimum absolute atomic E-state index is 0.0596. The fourth-order valence-corrected chi connectivity index (χ4v) is 1.71. The van der Waals surface area contributed by atoms with Crippen LogP contribution in [-0.2, 0) is 19.7 Å². The van der Waals surface area contributed by atoms with Crippen LogP contribution in [0.4, 0.5) is 0 Å². The summed E-state index contributed by atoms with van der Waals surface area (Å²) in [4.78, 5) is 0. The number of hydrogen-bond acceptors (Lipinski definition) is 4. The Labute approximate surface area is 106 Å². The Hall–Kier alpha value is -1.78. The second-order valence-electron chi connectivity index (χ2n) is 3.98. The number of aliphatic hydroxyl groups excluding tert-OH is 1. The van der Waals surface area contributed by atoms with Crippen molar-refractivity contribution >= 4 is 0 Å². The molecule has 0 aliphatic rings. The average Bonchev–Trinajstić information content (AvgIpc) is 2.87.